The van der Waals surface area contributed by atoms with Crippen molar-refractivity contribution >= 4 is 27.5 Å². The number of amides is 2. The number of rotatable bonds is 2. The zero-order valence-corrected chi connectivity index (χ0v) is 14.8. The summed E-state index contributed by atoms with van der Waals surface area (Å²) in [6, 6.07) is 1.89. The van der Waals surface area contributed by atoms with Crippen LogP contribution >= 0.6 is 11.3 Å². The molecule has 1 aliphatic heterocycles. The van der Waals surface area contributed by atoms with Gasteiger partial charge in [-0.05, 0) is 18.9 Å². The highest BCUT2D eigenvalue weighted by molar-refractivity contribution is 7.17. The molecule has 3 aromatic heterocycles. The lowest BCUT2D eigenvalue weighted by atomic mass is 10.1. The Balaban J connectivity index is 1.66. The number of pyridine rings is 1. The molecule has 4 heterocycles. The van der Waals surface area contributed by atoms with E-state index in [4.69, 9.17) is 4.98 Å². The van der Waals surface area contributed by atoms with Gasteiger partial charge in [-0.15, -0.1) is 11.3 Å². The molecule has 3 aromatic rings. The number of fused-ring (bicyclic) bond motifs is 2. The van der Waals surface area contributed by atoms with E-state index in [1.165, 1.54) is 23.4 Å². The molecule has 0 aromatic carbocycles. The molecule has 127 valence electrons. The van der Waals surface area contributed by atoms with Crippen LogP contribution in [0.1, 0.15) is 30.3 Å². The minimum atomic E-state index is -0.0298. The fourth-order valence-electron chi connectivity index (χ4n) is 3.60. The van der Waals surface area contributed by atoms with Crippen molar-refractivity contribution in [3.05, 3.63) is 35.4 Å². The van der Waals surface area contributed by atoms with Crippen LogP contribution in [0.3, 0.4) is 0 Å². The monoisotopic (exact) mass is 352 g/mol. The molecule has 5 rings (SSSR count). The fourth-order valence-corrected chi connectivity index (χ4v) is 4.50. The standard InChI is InChI=1S/C18H18N5OS/c1-19-18(24)22-6-7-23-14(9-22)16(21-17(23)11-2-3-11)13-10-25-15-4-5-20-8-12(13)15/h4,8,10-11H,2-3,6-7,9H2,1H3,(H,19,24). The average molecular weight is 352 g/mol. The fraction of sp³-hybridized carbons (Fsp3) is 0.389. The van der Waals surface area contributed by atoms with Gasteiger partial charge in [0.15, 0.2) is 0 Å². The van der Waals surface area contributed by atoms with Crippen LogP contribution < -0.4 is 5.32 Å². The summed E-state index contributed by atoms with van der Waals surface area (Å²) in [6.45, 7) is 2.14. The number of carbonyl (C=O) groups is 1. The van der Waals surface area contributed by atoms with Crippen LogP contribution in [0.15, 0.2) is 17.6 Å². The zero-order valence-electron chi connectivity index (χ0n) is 14.0. The van der Waals surface area contributed by atoms with E-state index >= 15 is 0 Å². The predicted octanol–water partition coefficient (Wildman–Crippen LogP) is 2.99. The molecule has 6 nitrogen and oxygen atoms in total. The summed E-state index contributed by atoms with van der Waals surface area (Å²) >= 11 is 1.69. The Kier molecular flexibility index (Phi) is 3.31. The van der Waals surface area contributed by atoms with Crippen molar-refractivity contribution < 1.29 is 4.79 Å². The maximum absolute atomic E-state index is 12.1. The van der Waals surface area contributed by atoms with Gasteiger partial charge in [0.2, 0.25) is 0 Å². The molecule has 25 heavy (non-hydrogen) atoms. The Morgan fingerprint density at radius 1 is 1.40 bits per heavy atom. The lowest BCUT2D eigenvalue weighted by Crippen LogP contribution is -2.43. The van der Waals surface area contributed by atoms with Crippen LogP contribution in [0.5, 0.6) is 0 Å². The Bertz CT molecular complexity index is 971. The molecule has 1 fully saturated rings. The second kappa shape index (κ2) is 5.56. The maximum Gasteiger partial charge on any atom is 0.317 e. The van der Waals surface area contributed by atoms with E-state index in [1.54, 1.807) is 18.4 Å². The van der Waals surface area contributed by atoms with Crippen LogP contribution in [0, 0.1) is 6.20 Å². The highest BCUT2D eigenvalue weighted by atomic mass is 32.1. The van der Waals surface area contributed by atoms with Gasteiger partial charge < -0.3 is 14.8 Å². The van der Waals surface area contributed by atoms with Crippen molar-refractivity contribution in [2.45, 2.75) is 31.8 Å². The summed E-state index contributed by atoms with van der Waals surface area (Å²) in [5.41, 5.74) is 3.27. The number of nitrogens with one attached hydrogen (secondary N) is 1. The highest BCUT2D eigenvalue weighted by Crippen LogP contribution is 2.44. The quantitative estimate of drug-likeness (QED) is 0.771. The molecule has 2 amide bonds. The third-order valence-corrected chi connectivity index (χ3v) is 6.00. The van der Waals surface area contributed by atoms with Crippen LogP contribution in [-0.4, -0.2) is 39.1 Å². The second-order valence-electron chi connectivity index (χ2n) is 6.63. The number of carbonyl (C=O) groups excluding carboxylic acids is 1. The molecule has 7 heteroatoms. The molecule has 0 saturated heterocycles. The SMILES string of the molecule is CNC(=O)N1CCn2c(C3CC3)nc(-c3csc4c[c]ncc34)c2C1. The summed E-state index contributed by atoms with van der Waals surface area (Å²) in [6.07, 6.45) is 7.20. The van der Waals surface area contributed by atoms with Gasteiger partial charge in [-0.1, -0.05) is 0 Å². The molecule has 1 saturated carbocycles. The van der Waals surface area contributed by atoms with Crippen molar-refractivity contribution in [1.82, 2.24) is 24.8 Å². The first-order chi connectivity index (χ1) is 12.3. The number of urea groups is 1. The Morgan fingerprint density at radius 3 is 3.08 bits per heavy atom. The molecule has 1 radical (unpaired) electrons. The van der Waals surface area contributed by atoms with Gasteiger partial charge >= 0.3 is 6.03 Å². The average Bonchev–Trinajstić information content (AvgIpc) is 3.30. The smallest absolute Gasteiger partial charge is 0.317 e. The van der Waals surface area contributed by atoms with E-state index in [0.717, 1.165) is 35.4 Å². The third-order valence-electron chi connectivity index (χ3n) is 5.06. The third kappa shape index (κ3) is 2.33. The molecule has 0 unspecified atom stereocenters. The minimum Gasteiger partial charge on any atom is -0.341 e. The first-order valence-electron chi connectivity index (χ1n) is 8.56. The molecule has 0 spiro atoms. The summed E-state index contributed by atoms with van der Waals surface area (Å²) < 4.78 is 3.51. The van der Waals surface area contributed by atoms with Gasteiger partial charge in [-0.2, -0.15) is 0 Å². The summed E-state index contributed by atoms with van der Waals surface area (Å²) in [4.78, 5) is 23.2. The Labute approximate surface area is 149 Å². The zero-order chi connectivity index (χ0) is 17.0. The van der Waals surface area contributed by atoms with Crippen LogP contribution in [0.25, 0.3) is 21.3 Å². The number of imidazole rings is 1. The van der Waals surface area contributed by atoms with Gasteiger partial charge in [-0.3, -0.25) is 4.98 Å². The van der Waals surface area contributed by atoms with E-state index in [-0.39, 0.29) is 6.03 Å². The second-order valence-corrected chi connectivity index (χ2v) is 7.54. The van der Waals surface area contributed by atoms with Crippen molar-refractivity contribution in [3.63, 3.8) is 0 Å². The summed E-state index contributed by atoms with van der Waals surface area (Å²) in [5, 5.41) is 6.00. The van der Waals surface area contributed by atoms with Gasteiger partial charge in [0.25, 0.3) is 0 Å². The first kappa shape index (κ1) is 14.9. The summed E-state index contributed by atoms with van der Waals surface area (Å²) in [7, 11) is 1.68. The predicted molar refractivity (Wildman–Crippen MR) is 96.5 cm³/mol. The van der Waals surface area contributed by atoms with Crippen molar-refractivity contribution in [2.24, 2.45) is 0 Å². The van der Waals surface area contributed by atoms with Crippen LogP contribution in [0.2, 0.25) is 0 Å². The number of hydrogen-bond acceptors (Lipinski definition) is 4. The van der Waals surface area contributed by atoms with E-state index < -0.39 is 0 Å². The number of thiophene rings is 1. The van der Waals surface area contributed by atoms with E-state index in [9.17, 15) is 4.79 Å². The van der Waals surface area contributed by atoms with Crippen molar-refractivity contribution in [1.29, 1.82) is 0 Å². The normalized spacial score (nSPS) is 16.9. The molecule has 2 aliphatic rings. The van der Waals surface area contributed by atoms with Crippen LogP contribution in [-0.2, 0) is 13.1 Å². The van der Waals surface area contributed by atoms with E-state index in [1.807, 2.05) is 17.2 Å². The lowest BCUT2D eigenvalue weighted by molar-refractivity contribution is 0.185. The molecule has 0 atom stereocenters. The molecular formula is C18H18N5OS. The van der Waals surface area contributed by atoms with Gasteiger partial charge in [0.1, 0.15) is 5.82 Å². The first-order valence-corrected chi connectivity index (χ1v) is 9.44. The summed E-state index contributed by atoms with van der Waals surface area (Å²) in [5.74, 6) is 1.77. The number of nitrogens with zero attached hydrogens (tertiary/aromatic N) is 4. The van der Waals surface area contributed by atoms with Crippen LogP contribution in [0.4, 0.5) is 4.79 Å². The lowest BCUT2D eigenvalue weighted by Gasteiger charge is -2.29. The minimum absolute atomic E-state index is 0.0298. The largest absolute Gasteiger partial charge is 0.341 e. The van der Waals surface area contributed by atoms with Gasteiger partial charge in [0.05, 0.1) is 24.1 Å². The van der Waals surface area contributed by atoms with E-state index in [0.29, 0.717) is 12.5 Å². The van der Waals surface area contributed by atoms with Crippen molar-refractivity contribution in [3.8, 4) is 11.3 Å². The topological polar surface area (TPSA) is 63.1 Å². The van der Waals surface area contributed by atoms with Crippen molar-refractivity contribution in [2.75, 3.05) is 13.6 Å². The molecule has 0 bridgehead atoms. The maximum atomic E-state index is 12.1. The van der Waals surface area contributed by atoms with Gasteiger partial charge in [0, 0.05) is 53.3 Å². The molecular weight excluding hydrogens is 334 g/mol. The van der Waals surface area contributed by atoms with Gasteiger partial charge in [-0.25, -0.2) is 9.78 Å². The Hall–Kier alpha value is -2.41. The Morgan fingerprint density at radius 2 is 2.28 bits per heavy atom. The molecule has 1 N–H and O–H groups in total. The van der Waals surface area contributed by atoms with E-state index in [2.05, 4.69) is 26.4 Å². The number of hydrogen-bond donors (Lipinski definition) is 1. The highest BCUT2D eigenvalue weighted by Gasteiger charge is 2.34. The number of aromatic nitrogens is 3. The molecule has 1 aliphatic carbocycles.